The number of hydrogen-bond acceptors (Lipinski definition) is 2. The molecule has 1 aliphatic heterocycles. The summed E-state index contributed by atoms with van der Waals surface area (Å²) in [5.74, 6) is 0.657. The van der Waals surface area contributed by atoms with Gasteiger partial charge in [-0.05, 0) is 0 Å². The fourth-order valence-electron chi connectivity index (χ4n) is 2.04. The molecule has 2 rings (SSSR count). The summed E-state index contributed by atoms with van der Waals surface area (Å²) in [4.78, 5) is 12.2. The maximum absolute atomic E-state index is 12.2. The van der Waals surface area contributed by atoms with Crippen molar-refractivity contribution in [2.45, 2.75) is 20.8 Å². The Morgan fingerprint density at radius 1 is 1.21 bits per heavy atom. The molecule has 0 saturated carbocycles. The molecular weight excluding hydrogens is 399 g/mol. The molecule has 0 aliphatic carbocycles. The van der Waals surface area contributed by atoms with E-state index in [0.29, 0.717) is 11.3 Å². The number of methoxy groups -OCH3 is 1. The summed E-state index contributed by atoms with van der Waals surface area (Å²) in [6, 6.07) is 5.32. The van der Waals surface area contributed by atoms with Gasteiger partial charge in [-0.25, -0.2) is 0 Å². The first-order valence-corrected chi connectivity index (χ1v) is 14.1. The van der Waals surface area contributed by atoms with E-state index in [1.165, 1.54) is 0 Å². The van der Waals surface area contributed by atoms with E-state index in [4.69, 9.17) is 22.7 Å². The van der Waals surface area contributed by atoms with E-state index in [1.807, 2.05) is 26.8 Å². The van der Waals surface area contributed by atoms with Crippen molar-refractivity contribution in [2.75, 3.05) is 7.11 Å². The van der Waals surface area contributed by atoms with Crippen LogP contribution in [0.2, 0.25) is 0 Å². The maximum atomic E-state index is 12.2. The quantitative estimate of drug-likeness (QED) is 0.657. The summed E-state index contributed by atoms with van der Waals surface area (Å²) in [5.41, 5.74) is 0.404. The molecule has 104 valence electrons. The van der Waals surface area contributed by atoms with Crippen LogP contribution >= 0.6 is 17.9 Å². The minimum atomic E-state index is -3.47. The van der Waals surface area contributed by atoms with Crippen molar-refractivity contribution in [1.29, 1.82) is 0 Å². The average molecular weight is 415 g/mol. The number of rotatable bonds is 1. The second-order valence-corrected chi connectivity index (χ2v) is 17.9. The molecule has 0 bridgehead atoms. The normalized spacial score (nSPS) is 19.5. The van der Waals surface area contributed by atoms with Gasteiger partial charge in [-0.15, -0.1) is 0 Å². The van der Waals surface area contributed by atoms with Gasteiger partial charge in [0.1, 0.15) is 0 Å². The summed E-state index contributed by atoms with van der Waals surface area (Å²) >= 11 is -3.47. The molecule has 1 aromatic carbocycles. The van der Waals surface area contributed by atoms with Crippen molar-refractivity contribution in [1.82, 2.24) is 0 Å². The van der Waals surface area contributed by atoms with E-state index in [1.54, 1.807) is 25.3 Å². The molecule has 0 aromatic heterocycles. The molecular formula is C14H16Cl2O2Te. The molecule has 1 heterocycles. The van der Waals surface area contributed by atoms with Crippen LogP contribution in [0, 0.1) is 5.41 Å². The van der Waals surface area contributed by atoms with Gasteiger partial charge in [0.2, 0.25) is 0 Å². The molecule has 19 heavy (non-hydrogen) atoms. The van der Waals surface area contributed by atoms with Crippen LogP contribution in [0.3, 0.4) is 0 Å². The van der Waals surface area contributed by atoms with Crippen molar-refractivity contribution in [2.24, 2.45) is 5.41 Å². The van der Waals surface area contributed by atoms with Crippen molar-refractivity contribution < 1.29 is 9.53 Å². The molecule has 0 spiro atoms. The van der Waals surface area contributed by atoms with Crippen LogP contribution in [0.4, 0.5) is 0 Å². The van der Waals surface area contributed by atoms with Gasteiger partial charge in [0.15, 0.2) is 0 Å². The van der Waals surface area contributed by atoms with Gasteiger partial charge >= 0.3 is 125 Å². The van der Waals surface area contributed by atoms with Crippen molar-refractivity contribution in [3.8, 4) is 5.75 Å². The number of ketones is 1. The van der Waals surface area contributed by atoms with E-state index in [-0.39, 0.29) is 11.2 Å². The Morgan fingerprint density at radius 3 is 2.37 bits per heavy atom. The number of carbonyl (C=O) groups is 1. The Labute approximate surface area is 125 Å². The van der Waals surface area contributed by atoms with Gasteiger partial charge in [0.05, 0.1) is 0 Å². The number of ether oxygens (including phenoxy) is 1. The Morgan fingerprint density at radius 2 is 1.84 bits per heavy atom. The van der Waals surface area contributed by atoms with Crippen molar-refractivity contribution in [3.05, 3.63) is 33.5 Å². The second kappa shape index (κ2) is 4.97. The van der Waals surface area contributed by atoms with Gasteiger partial charge in [0, 0.05) is 0 Å². The molecule has 5 heteroatoms. The zero-order chi connectivity index (χ0) is 14.4. The Kier molecular flexibility index (Phi) is 3.97. The number of hydrogen-bond donors (Lipinski definition) is 0. The molecule has 1 aliphatic rings. The Bertz CT molecular complexity index is 571. The average Bonchev–Trinajstić information content (AvgIpc) is 2.32. The van der Waals surface area contributed by atoms with E-state index in [2.05, 4.69) is 0 Å². The van der Waals surface area contributed by atoms with Crippen LogP contribution in [0.1, 0.15) is 31.1 Å². The zero-order valence-corrected chi connectivity index (χ0v) is 15.1. The summed E-state index contributed by atoms with van der Waals surface area (Å²) < 4.78 is 6.89. The molecule has 0 atom stereocenters. The molecule has 0 unspecified atom stereocenters. The van der Waals surface area contributed by atoms with Gasteiger partial charge < -0.3 is 0 Å². The Balaban J connectivity index is 2.67. The topological polar surface area (TPSA) is 26.3 Å². The number of allylic oxidation sites excluding steroid dienone is 2. The van der Waals surface area contributed by atoms with E-state index < -0.39 is 15.9 Å². The van der Waals surface area contributed by atoms with Crippen LogP contribution in [0.5, 0.6) is 5.75 Å². The predicted octanol–water partition coefficient (Wildman–Crippen LogP) is 3.53. The summed E-state index contributed by atoms with van der Waals surface area (Å²) in [6.45, 7) is 6.09. The molecule has 0 saturated heterocycles. The van der Waals surface area contributed by atoms with Gasteiger partial charge in [-0.2, -0.15) is 0 Å². The first kappa shape index (κ1) is 15.2. The van der Waals surface area contributed by atoms with Crippen LogP contribution in [-0.2, 0) is 0 Å². The number of carbonyl (C=O) groups excluding carboxylic acids is 1. The first-order valence-electron chi connectivity index (χ1n) is 5.85. The summed E-state index contributed by atoms with van der Waals surface area (Å²) in [6.07, 6.45) is 1.63. The number of fused-ring (bicyclic) bond motifs is 1. The Hall–Kier alpha value is -0.200. The SMILES string of the molecule is COc1ccc2c(c1)[Te](Cl)(Cl)C(C(C)(C)C)=CC2=O. The molecule has 0 N–H and O–H groups in total. The van der Waals surface area contributed by atoms with Crippen molar-refractivity contribution in [3.63, 3.8) is 0 Å². The van der Waals surface area contributed by atoms with Crippen molar-refractivity contribution >= 4 is 43.3 Å². The van der Waals surface area contributed by atoms with Gasteiger partial charge in [-0.3, -0.25) is 0 Å². The van der Waals surface area contributed by atoms with Crippen LogP contribution in [0.25, 0.3) is 0 Å². The van der Waals surface area contributed by atoms with Gasteiger partial charge in [0.25, 0.3) is 0 Å². The standard InChI is InChI=1S/C14H16Cl2O2Te/c1-14(2,3)13-8-11(17)10-6-5-9(18-4)7-12(10)19(13,15)16/h5-8H,1-4H3. The predicted molar refractivity (Wildman–Crippen MR) is 82.0 cm³/mol. The third-order valence-corrected chi connectivity index (χ3v) is 13.7. The molecule has 0 radical (unpaired) electrons. The summed E-state index contributed by atoms with van der Waals surface area (Å²) in [7, 11) is 15.0. The zero-order valence-electron chi connectivity index (χ0n) is 11.3. The van der Waals surface area contributed by atoms with Crippen LogP contribution < -0.4 is 8.35 Å². The third kappa shape index (κ3) is 2.67. The summed E-state index contributed by atoms with van der Waals surface area (Å²) in [5, 5.41) is 0. The third-order valence-electron chi connectivity index (χ3n) is 3.01. The van der Waals surface area contributed by atoms with E-state index in [0.717, 1.165) is 7.23 Å². The fraction of sp³-hybridized carbons (Fsp3) is 0.357. The monoisotopic (exact) mass is 416 g/mol. The van der Waals surface area contributed by atoms with E-state index >= 15 is 0 Å². The van der Waals surface area contributed by atoms with Gasteiger partial charge in [-0.1, -0.05) is 0 Å². The molecule has 0 amide bonds. The second-order valence-electron chi connectivity index (χ2n) is 5.45. The minimum absolute atomic E-state index is 0.0224. The molecule has 2 nitrogen and oxygen atoms in total. The van der Waals surface area contributed by atoms with Crippen LogP contribution in [-0.4, -0.2) is 28.8 Å². The van der Waals surface area contributed by atoms with E-state index in [9.17, 15) is 4.79 Å². The number of benzene rings is 1. The fourth-order valence-corrected chi connectivity index (χ4v) is 13.1. The van der Waals surface area contributed by atoms with Crippen LogP contribution in [0.15, 0.2) is 27.9 Å². The first-order chi connectivity index (χ1) is 8.67. The molecule has 1 aromatic rings. The number of halogens is 2. The molecule has 0 fully saturated rings.